The predicted molar refractivity (Wildman–Crippen MR) is 74.5 cm³/mol. The number of hydrogen-bond acceptors (Lipinski definition) is 3. The van der Waals surface area contributed by atoms with Gasteiger partial charge in [0.2, 0.25) is 0 Å². The van der Waals surface area contributed by atoms with Crippen LogP contribution in [0.15, 0.2) is 11.3 Å². The van der Waals surface area contributed by atoms with Crippen LogP contribution in [0.5, 0.6) is 0 Å². The zero-order valence-corrected chi connectivity index (χ0v) is 12.0. The second-order valence-corrected chi connectivity index (χ2v) is 6.53. The van der Waals surface area contributed by atoms with Crippen LogP contribution in [0.4, 0.5) is 0 Å². The molecule has 0 amide bonds. The number of carbonyl (C=O) groups is 1. The first-order valence-corrected chi connectivity index (χ1v) is 7.69. The smallest absolute Gasteiger partial charge is 0.161 e. The van der Waals surface area contributed by atoms with Crippen LogP contribution in [0.25, 0.3) is 0 Å². The van der Waals surface area contributed by atoms with Crippen LogP contribution >= 0.6 is 11.8 Å². The summed E-state index contributed by atoms with van der Waals surface area (Å²) in [6.45, 7) is 6.29. The number of aliphatic hydroxyl groups is 1. The van der Waals surface area contributed by atoms with Gasteiger partial charge in [-0.25, -0.2) is 0 Å². The van der Waals surface area contributed by atoms with Crippen LogP contribution in [0.2, 0.25) is 0 Å². The minimum atomic E-state index is 0.122. The van der Waals surface area contributed by atoms with Crippen molar-refractivity contribution < 1.29 is 9.90 Å². The molecule has 1 rings (SSSR count). The highest BCUT2D eigenvalue weighted by molar-refractivity contribution is 7.99. The third kappa shape index (κ3) is 4.38. The molecule has 98 valence electrons. The fraction of sp³-hybridized carbons (Fsp3) is 0.786. The Morgan fingerprint density at radius 1 is 1.53 bits per heavy atom. The third-order valence-corrected chi connectivity index (χ3v) is 4.50. The Hall–Kier alpha value is -0.440. The van der Waals surface area contributed by atoms with E-state index in [0.717, 1.165) is 25.0 Å². The fourth-order valence-corrected chi connectivity index (χ4v) is 3.51. The highest BCUT2D eigenvalue weighted by atomic mass is 32.2. The first kappa shape index (κ1) is 14.6. The number of allylic oxidation sites excluding steroid dienone is 2. The Morgan fingerprint density at radius 3 is 2.76 bits per heavy atom. The van der Waals surface area contributed by atoms with E-state index in [9.17, 15) is 9.90 Å². The Kier molecular flexibility index (Phi) is 6.10. The molecule has 0 heterocycles. The summed E-state index contributed by atoms with van der Waals surface area (Å²) in [6.07, 6.45) is 4.18. The van der Waals surface area contributed by atoms with Crippen molar-refractivity contribution in [1.29, 1.82) is 0 Å². The molecule has 0 spiro atoms. The second-order valence-electron chi connectivity index (χ2n) is 4.81. The lowest BCUT2D eigenvalue weighted by molar-refractivity contribution is -0.115. The summed E-state index contributed by atoms with van der Waals surface area (Å²) >= 11 is 1.97. The summed E-state index contributed by atoms with van der Waals surface area (Å²) in [6, 6.07) is 0. The summed E-state index contributed by atoms with van der Waals surface area (Å²) in [5, 5.41) is 10.6. The third-order valence-electron chi connectivity index (χ3n) is 3.41. The van der Waals surface area contributed by atoms with Gasteiger partial charge >= 0.3 is 0 Å². The van der Waals surface area contributed by atoms with Crippen LogP contribution < -0.4 is 0 Å². The first-order chi connectivity index (χ1) is 8.08. The lowest BCUT2D eigenvalue weighted by atomic mass is 9.83. The molecule has 0 fully saturated rings. The summed E-state index contributed by atoms with van der Waals surface area (Å²) < 4.78 is 0. The summed E-state index contributed by atoms with van der Waals surface area (Å²) in [5.74, 6) is 2.19. The topological polar surface area (TPSA) is 37.3 Å². The van der Waals surface area contributed by atoms with Crippen molar-refractivity contribution in [1.82, 2.24) is 0 Å². The number of rotatable bonds is 6. The second kappa shape index (κ2) is 7.10. The first-order valence-electron chi connectivity index (χ1n) is 6.64. The van der Waals surface area contributed by atoms with E-state index in [1.807, 2.05) is 18.7 Å². The monoisotopic (exact) mass is 256 g/mol. The predicted octanol–water partition coefficient (Wildman–Crippen LogP) is 4.11. The van der Waals surface area contributed by atoms with Crippen molar-refractivity contribution >= 4 is 17.5 Å². The van der Waals surface area contributed by atoms with Crippen LogP contribution in [-0.4, -0.2) is 21.9 Å². The van der Waals surface area contributed by atoms with Crippen molar-refractivity contribution in [2.24, 2.45) is 5.92 Å². The molecule has 0 aliphatic heterocycles. The molecular formula is C14H24O2S. The lowest BCUT2D eigenvalue weighted by Gasteiger charge is -2.25. The molecule has 1 aliphatic carbocycles. The fourth-order valence-electron chi connectivity index (χ4n) is 2.53. The van der Waals surface area contributed by atoms with Gasteiger partial charge in [0.15, 0.2) is 5.78 Å². The number of thioether (sulfide) groups is 1. The average molecular weight is 256 g/mol. The molecule has 1 aliphatic rings. The summed E-state index contributed by atoms with van der Waals surface area (Å²) in [4.78, 5) is 11.6. The number of Topliss-reactive ketones (excluding diaryl/α,β-unsaturated/α-hetero) is 1. The minimum absolute atomic E-state index is 0.122. The zero-order chi connectivity index (χ0) is 12.8. The number of aliphatic hydroxyl groups excluding tert-OH is 1. The number of ketones is 1. The van der Waals surface area contributed by atoms with E-state index in [4.69, 9.17) is 0 Å². The zero-order valence-electron chi connectivity index (χ0n) is 11.2. The lowest BCUT2D eigenvalue weighted by Crippen LogP contribution is -2.18. The van der Waals surface area contributed by atoms with Gasteiger partial charge in [0.25, 0.3) is 0 Å². The van der Waals surface area contributed by atoms with Gasteiger partial charge in [-0.1, -0.05) is 20.8 Å². The van der Waals surface area contributed by atoms with Crippen molar-refractivity contribution in [2.75, 3.05) is 5.75 Å². The molecule has 2 atom stereocenters. The average Bonchev–Trinajstić information content (AvgIpc) is 2.28. The Balaban J connectivity index is 2.52. The van der Waals surface area contributed by atoms with Crippen molar-refractivity contribution in [3.63, 3.8) is 0 Å². The van der Waals surface area contributed by atoms with Gasteiger partial charge in [0.05, 0.1) is 5.76 Å². The van der Waals surface area contributed by atoms with Gasteiger partial charge in [0, 0.05) is 23.7 Å². The highest BCUT2D eigenvalue weighted by Gasteiger charge is 2.25. The van der Waals surface area contributed by atoms with E-state index in [1.165, 1.54) is 0 Å². The number of hydrogen-bond donors (Lipinski definition) is 1. The maximum absolute atomic E-state index is 11.6. The van der Waals surface area contributed by atoms with Crippen molar-refractivity contribution in [3.8, 4) is 0 Å². The van der Waals surface area contributed by atoms with Gasteiger partial charge in [-0.05, 0) is 30.9 Å². The molecule has 2 nitrogen and oxygen atoms in total. The van der Waals surface area contributed by atoms with Crippen LogP contribution in [-0.2, 0) is 4.79 Å². The van der Waals surface area contributed by atoms with E-state index in [2.05, 4.69) is 13.8 Å². The van der Waals surface area contributed by atoms with Gasteiger partial charge in [-0.15, -0.1) is 0 Å². The molecule has 0 radical (unpaired) electrons. The van der Waals surface area contributed by atoms with Crippen molar-refractivity contribution in [3.05, 3.63) is 11.3 Å². The Bertz CT molecular complexity index is 297. The molecule has 0 aromatic carbocycles. The van der Waals surface area contributed by atoms with E-state index < -0.39 is 0 Å². The minimum Gasteiger partial charge on any atom is -0.512 e. The molecule has 0 saturated heterocycles. The SMILES string of the molecule is CCSC(C)CC1CCC(C(=O)CC)=C(O)C1. The van der Waals surface area contributed by atoms with Gasteiger partial charge in [0.1, 0.15) is 0 Å². The van der Waals surface area contributed by atoms with Crippen LogP contribution in [0.3, 0.4) is 0 Å². The molecule has 17 heavy (non-hydrogen) atoms. The molecule has 3 heteroatoms. The van der Waals surface area contributed by atoms with Gasteiger partial charge in [-0.3, -0.25) is 4.79 Å². The summed E-state index contributed by atoms with van der Waals surface area (Å²) in [7, 11) is 0. The standard InChI is InChI=1S/C14H24O2S/c1-4-13(15)12-7-6-11(9-14(12)16)8-10(3)17-5-2/h10-11,16H,4-9H2,1-3H3. The molecule has 0 aromatic heterocycles. The maximum Gasteiger partial charge on any atom is 0.161 e. The van der Waals surface area contributed by atoms with E-state index in [1.54, 1.807) is 0 Å². The molecule has 0 aromatic rings. The molecule has 2 unspecified atom stereocenters. The van der Waals surface area contributed by atoms with Crippen LogP contribution in [0.1, 0.15) is 52.9 Å². The van der Waals surface area contributed by atoms with Crippen molar-refractivity contribution in [2.45, 2.75) is 58.1 Å². The maximum atomic E-state index is 11.6. The molecule has 1 N–H and O–H groups in total. The Labute approximate surface area is 109 Å². The van der Waals surface area contributed by atoms with E-state index in [-0.39, 0.29) is 5.78 Å². The number of carbonyl (C=O) groups excluding carboxylic acids is 1. The quantitative estimate of drug-likeness (QED) is 0.777. The normalized spacial score (nSPS) is 22.6. The Morgan fingerprint density at radius 2 is 2.24 bits per heavy atom. The van der Waals surface area contributed by atoms with E-state index >= 15 is 0 Å². The summed E-state index contributed by atoms with van der Waals surface area (Å²) in [5.41, 5.74) is 0.694. The van der Waals surface area contributed by atoms with Gasteiger partial charge < -0.3 is 5.11 Å². The van der Waals surface area contributed by atoms with E-state index in [0.29, 0.717) is 35.3 Å². The molecule has 0 saturated carbocycles. The largest absolute Gasteiger partial charge is 0.512 e. The van der Waals surface area contributed by atoms with Crippen LogP contribution in [0, 0.1) is 5.92 Å². The van der Waals surface area contributed by atoms with Gasteiger partial charge in [-0.2, -0.15) is 11.8 Å². The molecule has 0 bridgehead atoms. The highest BCUT2D eigenvalue weighted by Crippen LogP contribution is 2.33. The molecular weight excluding hydrogens is 232 g/mol.